The van der Waals surface area contributed by atoms with Crippen LogP contribution >= 0.6 is 0 Å². The average Bonchev–Trinajstić information content (AvgIpc) is 2.17. The molecule has 0 bridgehead atoms. The Hall–Kier alpha value is -1.02. The molecular formula is C12H16O2. The van der Waals surface area contributed by atoms with Crippen LogP contribution in [0.5, 0.6) is 5.75 Å². The highest BCUT2D eigenvalue weighted by molar-refractivity contribution is 5.34. The van der Waals surface area contributed by atoms with Gasteiger partial charge in [-0.1, -0.05) is 6.07 Å². The van der Waals surface area contributed by atoms with Gasteiger partial charge in [0.15, 0.2) is 0 Å². The number of benzene rings is 1. The van der Waals surface area contributed by atoms with Crippen LogP contribution in [0, 0.1) is 13.8 Å². The van der Waals surface area contributed by atoms with E-state index >= 15 is 0 Å². The first-order valence-corrected chi connectivity index (χ1v) is 5.09. The molecule has 2 nitrogen and oxygen atoms in total. The van der Waals surface area contributed by atoms with Crippen LogP contribution in [0.15, 0.2) is 18.2 Å². The molecule has 0 spiro atoms. The molecule has 0 unspecified atom stereocenters. The first-order valence-electron chi connectivity index (χ1n) is 5.09. The monoisotopic (exact) mass is 192 g/mol. The zero-order valence-corrected chi connectivity index (χ0v) is 8.66. The summed E-state index contributed by atoms with van der Waals surface area (Å²) in [5.41, 5.74) is 2.50. The van der Waals surface area contributed by atoms with Crippen LogP contribution in [0.1, 0.15) is 24.0 Å². The average molecular weight is 192 g/mol. The van der Waals surface area contributed by atoms with E-state index in [0.29, 0.717) is 0 Å². The Bertz CT molecular complexity index is 333. The summed E-state index contributed by atoms with van der Waals surface area (Å²) >= 11 is 0. The molecule has 1 saturated carbocycles. The number of hydrogen-bond acceptors (Lipinski definition) is 2. The van der Waals surface area contributed by atoms with Gasteiger partial charge in [-0.25, -0.2) is 0 Å². The first kappa shape index (κ1) is 9.53. The van der Waals surface area contributed by atoms with E-state index in [4.69, 9.17) is 4.74 Å². The quantitative estimate of drug-likeness (QED) is 0.778. The zero-order valence-electron chi connectivity index (χ0n) is 8.66. The second kappa shape index (κ2) is 3.62. The Balaban J connectivity index is 2.06. The van der Waals surface area contributed by atoms with Crippen molar-refractivity contribution in [1.82, 2.24) is 0 Å². The minimum absolute atomic E-state index is 0.0112. The molecule has 2 atom stereocenters. The van der Waals surface area contributed by atoms with Gasteiger partial charge in [-0.15, -0.1) is 0 Å². The molecule has 0 aliphatic heterocycles. The highest BCUT2D eigenvalue weighted by Crippen LogP contribution is 2.26. The van der Waals surface area contributed by atoms with Gasteiger partial charge in [0.1, 0.15) is 11.9 Å². The van der Waals surface area contributed by atoms with Gasteiger partial charge >= 0.3 is 0 Å². The standard InChI is InChI=1S/C12H16O2/c1-8-3-4-10(7-9(8)2)14-12-6-5-11(12)13/h3-4,7,11-13H,5-6H2,1-2H3/t11-,12-/m1/s1. The lowest BCUT2D eigenvalue weighted by Crippen LogP contribution is -2.41. The Morgan fingerprint density at radius 2 is 2.00 bits per heavy atom. The van der Waals surface area contributed by atoms with Gasteiger partial charge in [-0.2, -0.15) is 0 Å². The fourth-order valence-corrected chi connectivity index (χ4v) is 1.55. The normalized spacial score (nSPS) is 25.6. The minimum atomic E-state index is -0.267. The van der Waals surface area contributed by atoms with Crippen molar-refractivity contribution >= 4 is 0 Å². The van der Waals surface area contributed by atoms with Crippen molar-refractivity contribution in [2.75, 3.05) is 0 Å². The van der Waals surface area contributed by atoms with E-state index in [0.717, 1.165) is 18.6 Å². The number of ether oxygens (including phenoxy) is 1. The van der Waals surface area contributed by atoms with Gasteiger partial charge in [-0.05, 0) is 49.9 Å². The lowest BCUT2D eigenvalue weighted by atomic mass is 9.92. The molecule has 2 heteroatoms. The van der Waals surface area contributed by atoms with Gasteiger partial charge in [-0.3, -0.25) is 0 Å². The van der Waals surface area contributed by atoms with Gasteiger partial charge in [0, 0.05) is 0 Å². The summed E-state index contributed by atoms with van der Waals surface area (Å²) in [7, 11) is 0. The smallest absolute Gasteiger partial charge is 0.125 e. The molecule has 1 aliphatic rings. The molecule has 0 aromatic heterocycles. The van der Waals surface area contributed by atoms with Crippen molar-refractivity contribution in [2.45, 2.75) is 38.9 Å². The van der Waals surface area contributed by atoms with E-state index < -0.39 is 0 Å². The van der Waals surface area contributed by atoms with E-state index in [1.54, 1.807) is 0 Å². The van der Waals surface area contributed by atoms with E-state index in [1.807, 2.05) is 12.1 Å². The molecule has 76 valence electrons. The van der Waals surface area contributed by atoms with Crippen molar-refractivity contribution < 1.29 is 9.84 Å². The number of rotatable bonds is 2. The summed E-state index contributed by atoms with van der Waals surface area (Å²) < 4.78 is 5.65. The van der Waals surface area contributed by atoms with E-state index in [9.17, 15) is 5.11 Å². The molecule has 0 amide bonds. The summed E-state index contributed by atoms with van der Waals surface area (Å²) in [6.07, 6.45) is 1.58. The van der Waals surface area contributed by atoms with Gasteiger partial charge in [0.25, 0.3) is 0 Å². The van der Waals surface area contributed by atoms with E-state index in [-0.39, 0.29) is 12.2 Å². The molecule has 14 heavy (non-hydrogen) atoms. The van der Waals surface area contributed by atoms with Crippen molar-refractivity contribution in [2.24, 2.45) is 0 Å². The predicted molar refractivity (Wildman–Crippen MR) is 55.6 cm³/mol. The van der Waals surface area contributed by atoms with Crippen LogP contribution in [0.3, 0.4) is 0 Å². The molecule has 1 fully saturated rings. The number of hydrogen-bond donors (Lipinski definition) is 1. The summed E-state index contributed by atoms with van der Waals surface area (Å²) in [5.74, 6) is 0.872. The van der Waals surface area contributed by atoms with Crippen LogP contribution in [0.4, 0.5) is 0 Å². The largest absolute Gasteiger partial charge is 0.488 e. The van der Waals surface area contributed by atoms with E-state index in [2.05, 4.69) is 19.9 Å². The van der Waals surface area contributed by atoms with Crippen LogP contribution in [-0.2, 0) is 0 Å². The fourth-order valence-electron chi connectivity index (χ4n) is 1.55. The number of aryl methyl sites for hydroxylation is 2. The summed E-state index contributed by atoms with van der Waals surface area (Å²) in [5, 5.41) is 9.37. The first-order chi connectivity index (χ1) is 6.66. The lowest BCUT2D eigenvalue weighted by Gasteiger charge is -2.32. The molecule has 1 aromatic rings. The van der Waals surface area contributed by atoms with Crippen LogP contribution < -0.4 is 4.74 Å². The Labute approximate surface area is 84.5 Å². The topological polar surface area (TPSA) is 29.5 Å². The predicted octanol–water partition coefficient (Wildman–Crippen LogP) is 2.21. The molecule has 1 N–H and O–H groups in total. The minimum Gasteiger partial charge on any atom is -0.488 e. The highest BCUT2D eigenvalue weighted by atomic mass is 16.5. The number of aliphatic hydroxyl groups is 1. The second-order valence-corrected chi connectivity index (χ2v) is 4.05. The van der Waals surface area contributed by atoms with Crippen molar-refractivity contribution in [3.8, 4) is 5.75 Å². The summed E-state index contributed by atoms with van der Waals surface area (Å²) in [4.78, 5) is 0. The Morgan fingerprint density at radius 1 is 1.21 bits per heavy atom. The molecular weight excluding hydrogens is 176 g/mol. The SMILES string of the molecule is Cc1ccc(O[C@@H]2CC[C@H]2O)cc1C. The molecule has 0 heterocycles. The van der Waals surface area contributed by atoms with Gasteiger partial charge < -0.3 is 9.84 Å². The Kier molecular flexibility index (Phi) is 2.46. The third-order valence-corrected chi connectivity index (χ3v) is 2.94. The summed E-state index contributed by atoms with van der Waals surface area (Å²) in [6, 6.07) is 6.05. The van der Waals surface area contributed by atoms with Crippen molar-refractivity contribution in [1.29, 1.82) is 0 Å². The van der Waals surface area contributed by atoms with Gasteiger partial charge in [0.2, 0.25) is 0 Å². The Morgan fingerprint density at radius 3 is 2.50 bits per heavy atom. The molecule has 1 aromatic carbocycles. The maximum Gasteiger partial charge on any atom is 0.125 e. The van der Waals surface area contributed by atoms with Crippen molar-refractivity contribution in [3.63, 3.8) is 0 Å². The third kappa shape index (κ3) is 1.75. The van der Waals surface area contributed by atoms with Crippen LogP contribution in [0.25, 0.3) is 0 Å². The summed E-state index contributed by atoms with van der Waals surface area (Å²) in [6.45, 7) is 4.15. The second-order valence-electron chi connectivity index (χ2n) is 4.05. The zero-order chi connectivity index (χ0) is 10.1. The van der Waals surface area contributed by atoms with Crippen molar-refractivity contribution in [3.05, 3.63) is 29.3 Å². The molecule has 1 aliphatic carbocycles. The maximum absolute atomic E-state index is 9.37. The maximum atomic E-state index is 9.37. The van der Waals surface area contributed by atoms with Gasteiger partial charge in [0.05, 0.1) is 6.10 Å². The lowest BCUT2D eigenvalue weighted by molar-refractivity contribution is -0.0361. The van der Waals surface area contributed by atoms with Crippen LogP contribution in [-0.4, -0.2) is 17.3 Å². The molecule has 2 rings (SSSR count). The molecule has 0 saturated heterocycles. The van der Waals surface area contributed by atoms with Crippen LogP contribution in [0.2, 0.25) is 0 Å². The third-order valence-electron chi connectivity index (χ3n) is 2.94. The molecule has 0 radical (unpaired) electrons. The highest BCUT2D eigenvalue weighted by Gasteiger charge is 2.30. The number of aliphatic hydroxyl groups excluding tert-OH is 1. The fraction of sp³-hybridized carbons (Fsp3) is 0.500. The van der Waals surface area contributed by atoms with E-state index in [1.165, 1.54) is 11.1 Å².